The van der Waals surface area contributed by atoms with Crippen LogP contribution in [0.5, 0.6) is 0 Å². The minimum atomic E-state index is -3.83. The molecular weight excluding hydrogens is 545 g/mol. The maximum absolute atomic E-state index is 13.7. The Balaban J connectivity index is 2.46. The summed E-state index contributed by atoms with van der Waals surface area (Å²) >= 11 is 18.3. The molecular formula is C25H32Cl3N3O4S. The Morgan fingerprint density at radius 2 is 1.72 bits per heavy atom. The summed E-state index contributed by atoms with van der Waals surface area (Å²) in [5.41, 5.74) is 1.59. The third-order valence-corrected chi connectivity index (χ3v) is 7.76. The van der Waals surface area contributed by atoms with Crippen LogP contribution in [-0.2, 0) is 26.2 Å². The maximum Gasteiger partial charge on any atom is 0.244 e. The largest absolute Gasteiger partial charge is 0.354 e. The van der Waals surface area contributed by atoms with Crippen molar-refractivity contribution in [2.45, 2.75) is 52.6 Å². The third kappa shape index (κ3) is 8.26. The fraction of sp³-hybridized carbons (Fsp3) is 0.440. The lowest BCUT2D eigenvalue weighted by molar-refractivity contribution is -0.140. The molecule has 1 unspecified atom stereocenters. The number of amides is 2. The number of hydrogen-bond acceptors (Lipinski definition) is 4. The second-order valence-corrected chi connectivity index (χ2v) is 11.7. The molecule has 2 aromatic carbocycles. The Morgan fingerprint density at radius 1 is 1.03 bits per heavy atom. The lowest BCUT2D eigenvalue weighted by Crippen LogP contribution is -2.52. The number of unbranched alkanes of at least 4 members (excludes halogenated alkanes) is 1. The van der Waals surface area contributed by atoms with Gasteiger partial charge in [0.05, 0.1) is 22.0 Å². The van der Waals surface area contributed by atoms with Crippen molar-refractivity contribution in [3.63, 3.8) is 0 Å². The molecule has 0 aromatic heterocycles. The highest BCUT2D eigenvalue weighted by molar-refractivity contribution is 7.92. The molecule has 0 saturated carbocycles. The normalized spacial score (nSPS) is 12.2. The van der Waals surface area contributed by atoms with Gasteiger partial charge in [0, 0.05) is 18.1 Å². The van der Waals surface area contributed by atoms with Crippen LogP contribution in [0.25, 0.3) is 0 Å². The molecule has 11 heteroatoms. The van der Waals surface area contributed by atoms with Crippen LogP contribution in [0.4, 0.5) is 5.69 Å². The number of hydrogen-bond donors (Lipinski definition) is 1. The van der Waals surface area contributed by atoms with Gasteiger partial charge in [-0.3, -0.25) is 13.9 Å². The van der Waals surface area contributed by atoms with Crippen LogP contribution in [0.1, 0.15) is 44.2 Å². The van der Waals surface area contributed by atoms with Crippen molar-refractivity contribution in [2.24, 2.45) is 0 Å². The fourth-order valence-electron chi connectivity index (χ4n) is 3.75. The van der Waals surface area contributed by atoms with Gasteiger partial charge in [-0.15, -0.1) is 0 Å². The van der Waals surface area contributed by atoms with E-state index in [1.54, 1.807) is 50.2 Å². The first kappa shape index (κ1) is 30.2. The van der Waals surface area contributed by atoms with Gasteiger partial charge in [-0.05, 0) is 61.2 Å². The second-order valence-electron chi connectivity index (χ2n) is 8.54. The first-order chi connectivity index (χ1) is 16.9. The SMILES string of the molecule is CCCCNC(=O)C(CC)N(Cc1ccc(Cl)c(Cl)c1)C(=O)CN(c1ccc(Cl)cc1C)S(C)(=O)=O. The molecule has 2 aromatic rings. The molecule has 1 atom stereocenters. The zero-order valence-electron chi connectivity index (χ0n) is 20.9. The number of benzene rings is 2. The molecule has 0 bridgehead atoms. The minimum Gasteiger partial charge on any atom is -0.354 e. The maximum atomic E-state index is 13.7. The molecule has 0 heterocycles. The average molecular weight is 577 g/mol. The summed E-state index contributed by atoms with van der Waals surface area (Å²) in [7, 11) is -3.83. The lowest BCUT2D eigenvalue weighted by atomic mass is 10.1. The number of nitrogens with one attached hydrogen (secondary N) is 1. The van der Waals surface area contributed by atoms with Crippen LogP contribution in [0.3, 0.4) is 0 Å². The van der Waals surface area contributed by atoms with Crippen LogP contribution in [-0.4, -0.2) is 50.5 Å². The third-order valence-electron chi connectivity index (χ3n) is 5.66. The topological polar surface area (TPSA) is 86.8 Å². The number of halogens is 3. The van der Waals surface area contributed by atoms with Crippen LogP contribution in [0.15, 0.2) is 36.4 Å². The second kappa shape index (κ2) is 13.5. The zero-order valence-corrected chi connectivity index (χ0v) is 23.9. The molecule has 36 heavy (non-hydrogen) atoms. The van der Waals surface area contributed by atoms with E-state index in [4.69, 9.17) is 34.8 Å². The molecule has 0 spiro atoms. The Morgan fingerprint density at radius 3 is 2.28 bits per heavy atom. The van der Waals surface area contributed by atoms with Crippen molar-refractivity contribution < 1.29 is 18.0 Å². The van der Waals surface area contributed by atoms with Crippen molar-refractivity contribution in [3.05, 3.63) is 62.6 Å². The minimum absolute atomic E-state index is 0.0482. The summed E-state index contributed by atoms with van der Waals surface area (Å²) in [5, 5.41) is 4.01. The van der Waals surface area contributed by atoms with Crippen LogP contribution < -0.4 is 9.62 Å². The van der Waals surface area contributed by atoms with Gasteiger partial charge >= 0.3 is 0 Å². The molecule has 198 valence electrons. The zero-order chi connectivity index (χ0) is 27.0. The fourth-order valence-corrected chi connectivity index (χ4v) is 5.21. The molecule has 2 amide bonds. The Hall–Kier alpha value is -2.00. The summed E-state index contributed by atoms with van der Waals surface area (Å²) in [6, 6.07) is 8.90. The molecule has 1 N–H and O–H groups in total. The molecule has 0 aliphatic carbocycles. The highest BCUT2D eigenvalue weighted by atomic mass is 35.5. The standard InChI is InChI=1S/C25H32Cl3N3O4S/c1-5-7-12-29-25(33)22(6-2)30(15-18-8-10-20(27)21(28)14-18)24(32)16-31(36(4,34)35)23-11-9-19(26)13-17(23)3/h8-11,13-14,22H,5-7,12,15-16H2,1-4H3,(H,29,33). The van der Waals surface area contributed by atoms with E-state index in [2.05, 4.69) is 5.32 Å². The van der Waals surface area contributed by atoms with Gasteiger partial charge in [-0.25, -0.2) is 8.42 Å². The molecule has 0 aliphatic heterocycles. The van der Waals surface area contributed by atoms with Gasteiger partial charge in [0.15, 0.2) is 0 Å². The van der Waals surface area contributed by atoms with Crippen LogP contribution >= 0.6 is 34.8 Å². The number of nitrogens with zero attached hydrogens (tertiary/aromatic N) is 2. The lowest BCUT2D eigenvalue weighted by Gasteiger charge is -2.33. The van der Waals surface area contributed by atoms with Gasteiger partial charge in [0.2, 0.25) is 21.8 Å². The number of sulfonamides is 1. The summed E-state index contributed by atoms with van der Waals surface area (Å²) < 4.78 is 26.5. The summed E-state index contributed by atoms with van der Waals surface area (Å²) in [6.45, 7) is 5.58. The predicted octanol–water partition coefficient (Wildman–Crippen LogP) is 5.44. The van der Waals surface area contributed by atoms with E-state index in [-0.39, 0.29) is 12.5 Å². The van der Waals surface area contributed by atoms with E-state index in [1.165, 1.54) is 4.90 Å². The first-order valence-corrected chi connectivity index (χ1v) is 14.6. The van der Waals surface area contributed by atoms with Gasteiger partial charge in [0.25, 0.3) is 0 Å². The highest BCUT2D eigenvalue weighted by Crippen LogP contribution is 2.27. The van der Waals surface area contributed by atoms with Gasteiger partial charge < -0.3 is 10.2 Å². The first-order valence-electron chi connectivity index (χ1n) is 11.6. The summed E-state index contributed by atoms with van der Waals surface area (Å²) in [5.74, 6) is -0.828. The molecule has 2 rings (SSSR count). The van der Waals surface area contributed by atoms with Gasteiger partial charge in [-0.2, -0.15) is 0 Å². The van der Waals surface area contributed by atoms with Crippen molar-refractivity contribution in [3.8, 4) is 0 Å². The number of anilines is 1. The van der Waals surface area contributed by atoms with Gasteiger partial charge in [-0.1, -0.05) is 61.1 Å². The van der Waals surface area contributed by atoms with Crippen LogP contribution in [0, 0.1) is 6.92 Å². The monoisotopic (exact) mass is 575 g/mol. The molecule has 0 fully saturated rings. The summed E-state index contributed by atoms with van der Waals surface area (Å²) in [4.78, 5) is 28.1. The molecule has 0 aliphatic rings. The van der Waals surface area contributed by atoms with E-state index in [1.807, 2.05) is 6.92 Å². The van der Waals surface area contributed by atoms with Crippen molar-refractivity contribution in [1.82, 2.24) is 10.2 Å². The van der Waals surface area contributed by atoms with E-state index in [0.29, 0.717) is 44.8 Å². The Labute approximate surface area is 228 Å². The van der Waals surface area contributed by atoms with Crippen LogP contribution in [0.2, 0.25) is 15.1 Å². The van der Waals surface area contributed by atoms with Crippen molar-refractivity contribution >= 4 is 62.3 Å². The summed E-state index contributed by atoms with van der Waals surface area (Å²) in [6.07, 6.45) is 3.09. The molecule has 7 nitrogen and oxygen atoms in total. The molecule has 0 radical (unpaired) electrons. The van der Waals surface area contributed by atoms with Crippen molar-refractivity contribution in [1.29, 1.82) is 0 Å². The number of carbonyl (C=O) groups is 2. The van der Waals surface area contributed by atoms with E-state index in [0.717, 1.165) is 23.4 Å². The number of aryl methyl sites for hydroxylation is 1. The number of carbonyl (C=O) groups excluding carboxylic acids is 2. The van der Waals surface area contributed by atoms with E-state index in [9.17, 15) is 18.0 Å². The van der Waals surface area contributed by atoms with Gasteiger partial charge in [0.1, 0.15) is 12.6 Å². The van der Waals surface area contributed by atoms with E-state index >= 15 is 0 Å². The Bertz CT molecular complexity index is 1190. The predicted molar refractivity (Wildman–Crippen MR) is 147 cm³/mol. The smallest absolute Gasteiger partial charge is 0.244 e. The average Bonchev–Trinajstić information content (AvgIpc) is 2.79. The van der Waals surface area contributed by atoms with Crippen molar-refractivity contribution in [2.75, 3.05) is 23.7 Å². The quantitative estimate of drug-likeness (QED) is 0.341. The molecule has 0 saturated heterocycles. The van der Waals surface area contributed by atoms with E-state index < -0.39 is 28.5 Å². The Kier molecular flexibility index (Phi) is 11.3. The highest BCUT2D eigenvalue weighted by Gasteiger charge is 2.32. The number of rotatable bonds is 12.